The predicted molar refractivity (Wildman–Crippen MR) is 70.0 cm³/mol. The molecule has 0 saturated heterocycles. The minimum absolute atomic E-state index is 0.0673. The Labute approximate surface area is 107 Å². The number of hydrogen-bond acceptors (Lipinski definition) is 2. The summed E-state index contributed by atoms with van der Waals surface area (Å²) in [6.07, 6.45) is 1.55. The largest absolute Gasteiger partial charge is 0.314 e. The molecule has 0 saturated carbocycles. The van der Waals surface area contributed by atoms with E-state index < -0.39 is 0 Å². The molecule has 0 radical (unpaired) electrons. The first kappa shape index (κ1) is 16.1. The number of carbonyl (C=O) groups excluding carboxylic acids is 1. The number of alkyl halides is 1. The summed E-state index contributed by atoms with van der Waals surface area (Å²) in [4.78, 5) is 9.04. The normalized spacial score (nSPS) is 10.4. The quantitative estimate of drug-likeness (QED) is 0.666. The molecule has 0 aliphatic heterocycles. The van der Waals surface area contributed by atoms with Gasteiger partial charge in [0.05, 0.1) is 5.88 Å². The zero-order chi connectivity index (χ0) is 13.3. The van der Waals surface area contributed by atoms with Gasteiger partial charge in [-0.05, 0) is 45.0 Å². The second-order valence-corrected chi connectivity index (χ2v) is 4.57. The summed E-state index contributed by atoms with van der Waals surface area (Å²) >= 11 is 4.82. The Morgan fingerprint density at radius 2 is 1.82 bits per heavy atom. The summed E-state index contributed by atoms with van der Waals surface area (Å²) in [6, 6.07) is 6.66. The van der Waals surface area contributed by atoms with Crippen LogP contribution in [0.2, 0.25) is 0 Å². The number of benzene rings is 1. The Hall–Kier alpha value is -0.930. The molecule has 0 aromatic heterocycles. The van der Waals surface area contributed by atoms with Crippen molar-refractivity contribution in [1.82, 2.24) is 5.32 Å². The van der Waals surface area contributed by atoms with E-state index in [0.29, 0.717) is 6.29 Å². The maximum absolute atomic E-state index is 12.6. The Balaban J connectivity index is 0.000000557. The van der Waals surface area contributed by atoms with Gasteiger partial charge >= 0.3 is 0 Å². The smallest absolute Gasteiger partial charge is 0.134 e. The Bertz CT molecular complexity index is 325. The molecule has 1 aromatic rings. The molecule has 1 rings (SSSR count). The van der Waals surface area contributed by atoms with Gasteiger partial charge in [0.2, 0.25) is 0 Å². The van der Waals surface area contributed by atoms with Crippen LogP contribution in [0.25, 0.3) is 0 Å². The first-order valence-corrected chi connectivity index (χ1v) is 5.91. The summed E-state index contributed by atoms with van der Waals surface area (Å²) < 4.78 is 12.6. The van der Waals surface area contributed by atoms with E-state index in [0.717, 1.165) is 12.0 Å². The summed E-state index contributed by atoms with van der Waals surface area (Å²) in [6.45, 7) is 4.24. The van der Waals surface area contributed by atoms with Gasteiger partial charge in [0.25, 0.3) is 0 Å². The van der Waals surface area contributed by atoms with Crippen LogP contribution in [-0.2, 0) is 11.2 Å². The van der Waals surface area contributed by atoms with Crippen molar-refractivity contribution in [3.05, 3.63) is 35.6 Å². The first-order chi connectivity index (χ1) is 7.95. The molecule has 0 amide bonds. The topological polar surface area (TPSA) is 29.1 Å². The van der Waals surface area contributed by atoms with Crippen LogP contribution in [0, 0.1) is 5.82 Å². The first-order valence-electron chi connectivity index (χ1n) is 5.38. The minimum Gasteiger partial charge on any atom is -0.314 e. The summed E-state index contributed by atoms with van der Waals surface area (Å²) in [5.41, 5.74) is 1.22. The molecule has 96 valence electrons. The third kappa shape index (κ3) is 7.88. The van der Waals surface area contributed by atoms with Gasteiger partial charge in [-0.1, -0.05) is 12.1 Å². The van der Waals surface area contributed by atoms with Crippen molar-refractivity contribution in [2.45, 2.75) is 25.8 Å². The molecule has 1 aromatic carbocycles. The molecule has 0 aliphatic rings. The van der Waals surface area contributed by atoms with Crippen molar-refractivity contribution in [2.75, 3.05) is 12.9 Å². The maximum atomic E-state index is 12.6. The van der Waals surface area contributed by atoms with E-state index in [-0.39, 0.29) is 17.2 Å². The van der Waals surface area contributed by atoms with Gasteiger partial charge < -0.3 is 10.1 Å². The van der Waals surface area contributed by atoms with Crippen LogP contribution >= 0.6 is 11.6 Å². The van der Waals surface area contributed by atoms with Crippen molar-refractivity contribution in [1.29, 1.82) is 0 Å². The average molecular weight is 260 g/mol. The van der Waals surface area contributed by atoms with Gasteiger partial charge in [0.1, 0.15) is 12.1 Å². The molecule has 0 spiro atoms. The van der Waals surface area contributed by atoms with Crippen LogP contribution < -0.4 is 5.32 Å². The molecule has 0 unspecified atom stereocenters. The third-order valence-corrected chi connectivity index (χ3v) is 2.43. The van der Waals surface area contributed by atoms with Crippen molar-refractivity contribution in [3.8, 4) is 0 Å². The Morgan fingerprint density at radius 1 is 1.35 bits per heavy atom. The molecule has 4 heteroatoms. The predicted octanol–water partition coefficient (Wildman–Crippen LogP) is 2.79. The van der Waals surface area contributed by atoms with Crippen molar-refractivity contribution >= 4 is 17.9 Å². The Kier molecular flexibility index (Phi) is 7.75. The lowest BCUT2D eigenvalue weighted by Gasteiger charge is -2.23. The molecule has 2 nitrogen and oxygen atoms in total. The van der Waals surface area contributed by atoms with E-state index in [9.17, 15) is 4.39 Å². The standard InChI is InChI=1S/C11H16FN.C2H3ClO/c1-11(2,13-3)8-9-4-6-10(12)7-5-9;3-1-2-4/h4-7,13H,8H2,1-3H3;2H,1H2. The van der Waals surface area contributed by atoms with Crippen LogP contribution in [0.3, 0.4) is 0 Å². The number of rotatable bonds is 4. The van der Waals surface area contributed by atoms with Crippen LogP contribution in [-0.4, -0.2) is 24.8 Å². The lowest BCUT2D eigenvalue weighted by molar-refractivity contribution is -0.105. The fourth-order valence-electron chi connectivity index (χ4n) is 1.20. The zero-order valence-corrected chi connectivity index (χ0v) is 11.2. The molecular weight excluding hydrogens is 241 g/mol. The lowest BCUT2D eigenvalue weighted by atomic mass is 9.95. The number of aldehydes is 1. The van der Waals surface area contributed by atoms with Crippen molar-refractivity contribution in [2.24, 2.45) is 0 Å². The van der Waals surface area contributed by atoms with Gasteiger partial charge in [-0.2, -0.15) is 0 Å². The molecule has 1 N–H and O–H groups in total. The highest BCUT2D eigenvalue weighted by atomic mass is 35.5. The number of carbonyl (C=O) groups is 1. The van der Waals surface area contributed by atoms with Crippen LogP contribution in [0.15, 0.2) is 24.3 Å². The molecular formula is C13H19ClFNO. The van der Waals surface area contributed by atoms with Crippen molar-refractivity contribution < 1.29 is 9.18 Å². The molecule has 0 fully saturated rings. The average Bonchev–Trinajstić information content (AvgIpc) is 2.32. The second-order valence-electron chi connectivity index (χ2n) is 4.26. The van der Waals surface area contributed by atoms with E-state index in [1.165, 1.54) is 12.1 Å². The van der Waals surface area contributed by atoms with Gasteiger partial charge in [-0.25, -0.2) is 4.39 Å². The lowest BCUT2D eigenvalue weighted by Crippen LogP contribution is -2.38. The van der Waals surface area contributed by atoms with Gasteiger partial charge in [0.15, 0.2) is 0 Å². The van der Waals surface area contributed by atoms with E-state index in [1.54, 1.807) is 0 Å². The molecule has 0 bridgehead atoms. The summed E-state index contributed by atoms with van der Waals surface area (Å²) in [7, 11) is 1.93. The van der Waals surface area contributed by atoms with E-state index in [1.807, 2.05) is 19.2 Å². The van der Waals surface area contributed by atoms with Gasteiger partial charge in [0, 0.05) is 5.54 Å². The highest BCUT2D eigenvalue weighted by Gasteiger charge is 2.14. The molecule has 0 aliphatic carbocycles. The maximum Gasteiger partial charge on any atom is 0.134 e. The molecule has 0 atom stereocenters. The van der Waals surface area contributed by atoms with E-state index in [4.69, 9.17) is 16.4 Å². The van der Waals surface area contributed by atoms with Crippen molar-refractivity contribution in [3.63, 3.8) is 0 Å². The number of hydrogen-bond donors (Lipinski definition) is 1. The Morgan fingerprint density at radius 3 is 2.18 bits per heavy atom. The van der Waals surface area contributed by atoms with Gasteiger partial charge in [-0.15, -0.1) is 11.6 Å². The highest BCUT2D eigenvalue weighted by molar-refractivity contribution is 6.24. The van der Waals surface area contributed by atoms with Crippen LogP contribution in [0.1, 0.15) is 19.4 Å². The fraction of sp³-hybridized carbons (Fsp3) is 0.462. The SMILES string of the molecule is CNC(C)(C)Cc1ccc(F)cc1.O=CCCl. The summed E-state index contributed by atoms with van der Waals surface area (Å²) in [5.74, 6) is -0.0639. The molecule has 17 heavy (non-hydrogen) atoms. The number of likely N-dealkylation sites (N-methyl/N-ethyl adjacent to an activating group) is 1. The summed E-state index contributed by atoms with van der Waals surface area (Å²) in [5, 5.41) is 3.21. The monoisotopic (exact) mass is 259 g/mol. The zero-order valence-electron chi connectivity index (χ0n) is 10.5. The van der Waals surface area contributed by atoms with E-state index in [2.05, 4.69) is 19.2 Å². The minimum atomic E-state index is -0.175. The highest BCUT2D eigenvalue weighted by Crippen LogP contribution is 2.12. The van der Waals surface area contributed by atoms with Gasteiger partial charge in [-0.3, -0.25) is 0 Å². The van der Waals surface area contributed by atoms with Crippen LogP contribution in [0.4, 0.5) is 4.39 Å². The fourth-order valence-corrected chi connectivity index (χ4v) is 1.20. The number of halogens is 2. The molecule has 0 heterocycles. The van der Waals surface area contributed by atoms with Crippen LogP contribution in [0.5, 0.6) is 0 Å². The third-order valence-electron chi connectivity index (χ3n) is 2.30. The van der Waals surface area contributed by atoms with E-state index >= 15 is 0 Å². The second kappa shape index (κ2) is 8.20. The number of nitrogens with one attached hydrogen (secondary N) is 1.